The number of thiazole rings is 1. The normalized spacial score (nSPS) is 19.6. The second-order valence-electron chi connectivity index (χ2n) is 7.35. The van der Waals surface area contributed by atoms with Gasteiger partial charge in [0, 0.05) is 26.8 Å². The number of aromatic nitrogens is 1. The number of carboxylic acids is 1. The number of alkyl halides is 2. The molecule has 1 aromatic heterocycles. The van der Waals surface area contributed by atoms with E-state index in [1.807, 2.05) is 24.3 Å². The second-order valence-corrected chi connectivity index (χ2v) is 10.8. The maximum absolute atomic E-state index is 13.0. The van der Waals surface area contributed by atoms with Crippen molar-refractivity contribution in [3.05, 3.63) is 51.5 Å². The summed E-state index contributed by atoms with van der Waals surface area (Å²) in [5.74, 6) is -1.90. The fourth-order valence-corrected chi connectivity index (χ4v) is 6.61. The number of fused-ring (bicyclic) bond motifs is 1. The highest BCUT2D eigenvalue weighted by Gasteiger charge is 2.54. The molecule has 15 heteroatoms. The molecular formula is C21H19ClFN5O5S3. The van der Waals surface area contributed by atoms with E-state index in [1.54, 1.807) is 0 Å². The van der Waals surface area contributed by atoms with Gasteiger partial charge in [0.05, 0.1) is 0 Å². The van der Waals surface area contributed by atoms with Crippen molar-refractivity contribution in [3.8, 4) is 0 Å². The van der Waals surface area contributed by atoms with Crippen molar-refractivity contribution in [1.82, 2.24) is 15.2 Å². The van der Waals surface area contributed by atoms with E-state index >= 15 is 0 Å². The summed E-state index contributed by atoms with van der Waals surface area (Å²) in [4.78, 5) is 49.3. The van der Waals surface area contributed by atoms with Crippen molar-refractivity contribution in [2.24, 2.45) is 5.16 Å². The van der Waals surface area contributed by atoms with Gasteiger partial charge in [-0.25, -0.2) is 14.2 Å². The van der Waals surface area contributed by atoms with Crippen molar-refractivity contribution in [2.45, 2.75) is 22.2 Å². The largest absolute Gasteiger partial charge is 0.477 e. The molecule has 1 saturated heterocycles. The first-order valence-electron chi connectivity index (χ1n) is 10.4. The lowest BCUT2D eigenvalue weighted by molar-refractivity contribution is -0.150. The minimum Gasteiger partial charge on any atom is -0.477 e. The van der Waals surface area contributed by atoms with E-state index in [1.165, 1.54) is 33.8 Å². The number of carboxylic acid groups (broad SMARTS) is 1. The van der Waals surface area contributed by atoms with Gasteiger partial charge in [0.1, 0.15) is 36.1 Å². The molecule has 190 valence electrons. The number of carbonyl (C=O) groups is 3. The molecule has 0 unspecified atom stereocenters. The van der Waals surface area contributed by atoms with Crippen LogP contribution in [0.3, 0.4) is 0 Å². The Morgan fingerprint density at radius 2 is 2.14 bits per heavy atom. The molecule has 4 rings (SSSR count). The Bertz CT molecular complexity index is 1240. The molecule has 0 aliphatic carbocycles. The number of benzene rings is 1. The van der Waals surface area contributed by atoms with Crippen LogP contribution in [0.1, 0.15) is 11.3 Å². The molecule has 2 aliphatic heterocycles. The van der Waals surface area contributed by atoms with Gasteiger partial charge in [-0.15, -0.1) is 34.7 Å². The van der Waals surface area contributed by atoms with Crippen LogP contribution in [-0.2, 0) is 25.1 Å². The number of nitrogen functional groups attached to an aromatic ring is 1. The molecule has 0 saturated carbocycles. The maximum atomic E-state index is 13.0. The van der Waals surface area contributed by atoms with Crippen LogP contribution in [0.5, 0.6) is 0 Å². The number of β-lactam (4-membered cyclic amide) rings is 1. The smallest absolute Gasteiger partial charge is 0.353 e. The van der Waals surface area contributed by atoms with Gasteiger partial charge in [0.15, 0.2) is 10.8 Å². The van der Waals surface area contributed by atoms with Crippen LogP contribution in [0.2, 0.25) is 0 Å². The third kappa shape index (κ3) is 5.45. The molecule has 10 nitrogen and oxygen atoms in total. The average Bonchev–Trinajstić information content (AvgIpc) is 3.30. The van der Waals surface area contributed by atoms with Crippen molar-refractivity contribution >= 4 is 75.1 Å². The van der Waals surface area contributed by atoms with Crippen LogP contribution in [0.25, 0.3) is 0 Å². The highest BCUT2D eigenvalue weighted by Crippen LogP contribution is 2.45. The number of aliphatic carboxylic acids is 1. The molecule has 36 heavy (non-hydrogen) atoms. The monoisotopic (exact) mass is 571 g/mol. The SMILES string of the molecule is Nc1nc(/C(=N/OCCF)C(=O)N[C@@H]2C(=O)N3C(C(=O)O)=C(Sc4ccc(CCl)cc4)CS[C@H]23)cs1. The molecule has 0 bridgehead atoms. The number of carbonyl (C=O) groups excluding carboxylic acids is 2. The number of amides is 2. The van der Waals surface area contributed by atoms with Crippen molar-refractivity contribution in [3.63, 3.8) is 0 Å². The van der Waals surface area contributed by atoms with E-state index in [2.05, 4.69) is 15.5 Å². The summed E-state index contributed by atoms with van der Waals surface area (Å²) in [7, 11) is 0. The summed E-state index contributed by atoms with van der Waals surface area (Å²) in [5, 5.41) is 17.1. The predicted octanol–water partition coefficient (Wildman–Crippen LogP) is 2.64. The average molecular weight is 572 g/mol. The quantitative estimate of drug-likeness (QED) is 0.129. The Morgan fingerprint density at radius 1 is 1.39 bits per heavy atom. The molecule has 2 amide bonds. The Labute approximate surface area is 222 Å². The van der Waals surface area contributed by atoms with E-state index in [-0.39, 0.29) is 28.8 Å². The van der Waals surface area contributed by atoms with E-state index in [9.17, 15) is 23.9 Å². The summed E-state index contributed by atoms with van der Waals surface area (Å²) in [6.07, 6.45) is 0. The number of nitrogens with zero attached hydrogens (tertiary/aromatic N) is 3. The molecule has 2 atom stereocenters. The fraction of sp³-hybridized carbons (Fsp3) is 0.286. The first-order valence-corrected chi connectivity index (χ1v) is 13.6. The minimum atomic E-state index is -1.24. The summed E-state index contributed by atoms with van der Waals surface area (Å²) in [5.41, 5.74) is 6.29. The fourth-order valence-electron chi connectivity index (χ4n) is 3.41. The minimum absolute atomic E-state index is 0.110. The molecule has 3 heterocycles. The highest BCUT2D eigenvalue weighted by molar-refractivity contribution is 8.06. The number of halogens is 2. The van der Waals surface area contributed by atoms with Gasteiger partial charge in [-0.2, -0.15) is 0 Å². The molecule has 2 aromatic rings. The predicted molar refractivity (Wildman–Crippen MR) is 137 cm³/mol. The standard InChI is InChI=1S/C21H19ClFN5O5S3/c22-7-10-1-3-11(4-2-10)36-13-9-34-19-15(18(30)28(19)16(13)20(31)32)26-17(29)14(27-33-6-5-23)12-8-35-21(24)25-12/h1-4,8,15,19H,5-7,9H2,(H2,24,25)(H,26,29)(H,31,32)/b27-14-/t15-,19-/m1/s1. The molecular weight excluding hydrogens is 553 g/mol. The summed E-state index contributed by atoms with van der Waals surface area (Å²) in [6, 6.07) is 6.38. The van der Waals surface area contributed by atoms with E-state index in [0.29, 0.717) is 16.5 Å². The molecule has 1 aromatic carbocycles. The number of nitrogens with two attached hydrogens (primary N) is 1. The lowest BCUT2D eigenvalue weighted by Gasteiger charge is -2.49. The van der Waals surface area contributed by atoms with Gasteiger partial charge in [0.25, 0.3) is 11.8 Å². The lowest BCUT2D eigenvalue weighted by atomic mass is 10.0. The first kappa shape index (κ1) is 26.3. The van der Waals surface area contributed by atoms with Crippen molar-refractivity contribution < 1.29 is 28.7 Å². The number of hydrogen-bond acceptors (Lipinski definition) is 10. The molecule has 0 spiro atoms. The maximum Gasteiger partial charge on any atom is 0.353 e. The first-order chi connectivity index (χ1) is 17.3. The third-order valence-corrected chi connectivity index (χ3v) is 8.58. The van der Waals surface area contributed by atoms with E-state index < -0.39 is 35.9 Å². The van der Waals surface area contributed by atoms with Crippen molar-refractivity contribution in [1.29, 1.82) is 0 Å². The van der Waals surface area contributed by atoms with Crippen LogP contribution in [0.15, 0.2) is 50.3 Å². The second kappa shape index (κ2) is 11.5. The van der Waals surface area contributed by atoms with E-state index in [4.69, 9.17) is 22.2 Å². The number of oxime groups is 1. The molecule has 1 fully saturated rings. The van der Waals surface area contributed by atoms with Crippen LogP contribution < -0.4 is 11.1 Å². The van der Waals surface area contributed by atoms with E-state index in [0.717, 1.165) is 21.8 Å². The topological polar surface area (TPSA) is 147 Å². The third-order valence-electron chi connectivity index (χ3n) is 5.05. The van der Waals surface area contributed by atoms with Gasteiger partial charge in [-0.3, -0.25) is 14.5 Å². The number of thioether (sulfide) groups is 2. The van der Waals surface area contributed by atoms with Gasteiger partial charge in [0.2, 0.25) is 0 Å². The number of anilines is 1. The zero-order valence-electron chi connectivity index (χ0n) is 18.3. The van der Waals surface area contributed by atoms with Gasteiger partial charge in [-0.05, 0) is 17.7 Å². The van der Waals surface area contributed by atoms with Crippen LogP contribution in [0.4, 0.5) is 9.52 Å². The Balaban J connectivity index is 1.51. The molecule has 0 radical (unpaired) electrons. The number of rotatable bonds is 10. The number of nitrogens with one attached hydrogen (secondary N) is 1. The lowest BCUT2D eigenvalue weighted by Crippen LogP contribution is -2.71. The summed E-state index contributed by atoms with van der Waals surface area (Å²) >= 11 is 9.48. The van der Waals surface area contributed by atoms with Gasteiger partial charge < -0.3 is 21.0 Å². The van der Waals surface area contributed by atoms with Gasteiger partial charge in [-0.1, -0.05) is 29.1 Å². The zero-order chi connectivity index (χ0) is 25.8. The summed E-state index contributed by atoms with van der Waals surface area (Å²) in [6.45, 7) is -1.18. The van der Waals surface area contributed by atoms with Gasteiger partial charge >= 0.3 is 5.97 Å². The molecule has 2 aliphatic rings. The Kier molecular flexibility index (Phi) is 8.39. The van der Waals surface area contributed by atoms with Crippen molar-refractivity contribution in [2.75, 3.05) is 24.8 Å². The zero-order valence-corrected chi connectivity index (χ0v) is 21.6. The van der Waals surface area contributed by atoms with Crippen LogP contribution in [-0.4, -0.2) is 68.9 Å². The Morgan fingerprint density at radius 3 is 2.75 bits per heavy atom. The van der Waals surface area contributed by atoms with Crippen LogP contribution >= 0.6 is 46.5 Å². The number of hydrogen-bond donors (Lipinski definition) is 3. The highest BCUT2D eigenvalue weighted by atomic mass is 35.5. The Hall–Kier alpha value is -2.81. The summed E-state index contributed by atoms with van der Waals surface area (Å²) < 4.78 is 12.4. The van der Waals surface area contributed by atoms with Crippen LogP contribution in [0, 0.1) is 0 Å². The molecule has 4 N–H and O–H groups in total.